The zero-order chi connectivity index (χ0) is 18.6. The molecular formula is C20H19N3O2S2. The van der Waals surface area contributed by atoms with Gasteiger partial charge in [0.05, 0.1) is 22.2 Å². The van der Waals surface area contributed by atoms with Crippen LogP contribution in [-0.4, -0.2) is 29.8 Å². The topological polar surface area (TPSA) is 54.5 Å². The fraction of sp³-hybridized carbons (Fsp3) is 0.200. The number of benzene rings is 1. The van der Waals surface area contributed by atoms with Crippen molar-refractivity contribution >= 4 is 45.4 Å². The molecule has 27 heavy (non-hydrogen) atoms. The molecule has 138 valence electrons. The summed E-state index contributed by atoms with van der Waals surface area (Å²) in [5, 5.41) is 5.04. The lowest BCUT2D eigenvalue weighted by Crippen LogP contribution is -2.23. The number of thiophene rings is 1. The van der Waals surface area contributed by atoms with Gasteiger partial charge in [-0.1, -0.05) is 0 Å². The van der Waals surface area contributed by atoms with Gasteiger partial charge in [-0.15, -0.1) is 23.1 Å². The molecule has 0 radical (unpaired) electrons. The SMILES string of the molecule is CCOc1ccc(NC(=O)c2ccc(N3CCSc4ncccc43)s2)cc1. The molecule has 2 aromatic heterocycles. The number of nitrogens with one attached hydrogen (secondary N) is 1. The molecule has 1 N–H and O–H groups in total. The minimum Gasteiger partial charge on any atom is -0.494 e. The van der Waals surface area contributed by atoms with Gasteiger partial charge in [-0.2, -0.15) is 0 Å². The van der Waals surface area contributed by atoms with Gasteiger partial charge in [0.25, 0.3) is 5.91 Å². The van der Waals surface area contributed by atoms with Crippen molar-refractivity contribution in [2.24, 2.45) is 0 Å². The summed E-state index contributed by atoms with van der Waals surface area (Å²) in [6.45, 7) is 3.47. The molecule has 0 atom stereocenters. The fourth-order valence-electron chi connectivity index (χ4n) is 2.87. The minimum absolute atomic E-state index is 0.104. The van der Waals surface area contributed by atoms with Crippen LogP contribution in [0.3, 0.4) is 0 Å². The number of fused-ring (bicyclic) bond motifs is 1. The molecule has 0 aliphatic carbocycles. The van der Waals surface area contributed by atoms with Crippen molar-refractivity contribution in [1.82, 2.24) is 4.98 Å². The number of hydrogen-bond acceptors (Lipinski definition) is 6. The molecule has 3 aromatic rings. The maximum Gasteiger partial charge on any atom is 0.265 e. The van der Waals surface area contributed by atoms with E-state index < -0.39 is 0 Å². The van der Waals surface area contributed by atoms with Crippen LogP contribution in [0.2, 0.25) is 0 Å². The number of ether oxygens (including phenoxy) is 1. The van der Waals surface area contributed by atoms with Crippen molar-refractivity contribution in [3.05, 3.63) is 59.6 Å². The first-order valence-electron chi connectivity index (χ1n) is 8.74. The molecular weight excluding hydrogens is 378 g/mol. The molecule has 1 aliphatic rings. The number of amides is 1. The van der Waals surface area contributed by atoms with Gasteiger partial charge in [-0.3, -0.25) is 4.79 Å². The first-order chi connectivity index (χ1) is 13.2. The third-order valence-corrected chi connectivity index (χ3v) is 6.18. The lowest BCUT2D eigenvalue weighted by molar-refractivity contribution is 0.103. The first-order valence-corrected chi connectivity index (χ1v) is 10.5. The number of thioether (sulfide) groups is 1. The van der Waals surface area contributed by atoms with E-state index in [0.29, 0.717) is 11.5 Å². The van der Waals surface area contributed by atoms with Crippen LogP contribution in [0.1, 0.15) is 16.6 Å². The number of carbonyl (C=O) groups excluding carboxylic acids is 1. The Hall–Kier alpha value is -2.51. The number of rotatable bonds is 5. The van der Waals surface area contributed by atoms with E-state index in [0.717, 1.165) is 39.4 Å². The highest BCUT2D eigenvalue weighted by molar-refractivity contribution is 7.99. The van der Waals surface area contributed by atoms with Crippen molar-refractivity contribution in [3.8, 4) is 5.75 Å². The Labute approximate surface area is 166 Å². The molecule has 1 amide bonds. The summed E-state index contributed by atoms with van der Waals surface area (Å²) >= 11 is 3.26. The summed E-state index contributed by atoms with van der Waals surface area (Å²) in [5.41, 5.74) is 1.86. The third kappa shape index (κ3) is 3.94. The maximum atomic E-state index is 12.6. The van der Waals surface area contributed by atoms with Crippen LogP contribution in [0.25, 0.3) is 0 Å². The zero-order valence-corrected chi connectivity index (χ0v) is 16.5. The molecule has 0 fully saturated rings. The number of pyridine rings is 1. The highest BCUT2D eigenvalue weighted by atomic mass is 32.2. The van der Waals surface area contributed by atoms with Crippen LogP contribution in [0.15, 0.2) is 59.8 Å². The van der Waals surface area contributed by atoms with E-state index in [-0.39, 0.29) is 5.91 Å². The number of anilines is 3. The van der Waals surface area contributed by atoms with Crippen molar-refractivity contribution in [1.29, 1.82) is 0 Å². The number of hydrogen-bond donors (Lipinski definition) is 1. The Morgan fingerprint density at radius 3 is 2.89 bits per heavy atom. The van der Waals surface area contributed by atoms with Gasteiger partial charge in [-0.25, -0.2) is 4.98 Å². The van der Waals surface area contributed by atoms with E-state index in [4.69, 9.17) is 4.74 Å². The lowest BCUT2D eigenvalue weighted by Gasteiger charge is -2.28. The maximum absolute atomic E-state index is 12.6. The van der Waals surface area contributed by atoms with Crippen molar-refractivity contribution < 1.29 is 9.53 Å². The second kappa shape index (κ2) is 8.02. The van der Waals surface area contributed by atoms with Gasteiger partial charge in [0.1, 0.15) is 10.8 Å². The monoisotopic (exact) mass is 397 g/mol. The van der Waals surface area contributed by atoms with E-state index in [1.807, 2.05) is 55.6 Å². The zero-order valence-electron chi connectivity index (χ0n) is 14.8. The molecule has 0 saturated carbocycles. The largest absolute Gasteiger partial charge is 0.494 e. The summed E-state index contributed by atoms with van der Waals surface area (Å²) in [7, 11) is 0. The van der Waals surface area contributed by atoms with E-state index in [2.05, 4.69) is 21.3 Å². The Bertz CT molecular complexity index is 940. The highest BCUT2D eigenvalue weighted by Crippen LogP contribution is 2.40. The van der Waals surface area contributed by atoms with Gasteiger partial charge in [0.2, 0.25) is 0 Å². The summed E-state index contributed by atoms with van der Waals surface area (Å²) in [6.07, 6.45) is 1.82. The normalized spacial score (nSPS) is 13.1. The van der Waals surface area contributed by atoms with E-state index >= 15 is 0 Å². The molecule has 3 heterocycles. The van der Waals surface area contributed by atoms with E-state index in [9.17, 15) is 4.79 Å². The van der Waals surface area contributed by atoms with Crippen molar-refractivity contribution in [2.75, 3.05) is 29.1 Å². The average Bonchev–Trinajstić information content (AvgIpc) is 3.19. The molecule has 0 spiro atoms. The first kappa shape index (κ1) is 17.9. The van der Waals surface area contributed by atoms with Crippen LogP contribution < -0.4 is 15.0 Å². The predicted octanol–water partition coefficient (Wildman–Crippen LogP) is 5.04. The summed E-state index contributed by atoms with van der Waals surface area (Å²) in [4.78, 5) is 20.0. The minimum atomic E-state index is -0.104. The predicted molar refractivity (Wildman–Crippen MR) is 112 cm³/mol. The van der Waals surface area contributed by atoms with Crippen LogP contribution in [0.4, 0.5) is 16.4 Å². The van der Waals surface area contributed by atoms with Gasteiger partial charge in [0, 0.05) is 24.2 Å². The quantitative estimate of drug-likeness (QED) is 0.654. The number of nitrogens with zero attached hydrogens (tertiary/aromatic N) is 2. The van der Waals surface area contributed by atoms with Crippen molar-refractivity contribution in [2.45, 2.75) is 11.9 Å². The molecule has 4 rings (SSSR count). The molecule has 1 aromatic carbocycles. The molecule has 0 unspecified atom stereocenters. The fourth-order valence-corrected chi connectivity index (χ4v) is 4.74. The molecule has 0 saturated heterocycles. The lowest BCUT2D eigenvalue weighted by atomic mass is 10.3. The Morgan fingerprint density at radius 1 is 1.22 bits per heavy atom. The second-order valence-electron chi connectivity index (χ2n) is 5.88. The van der Waals surface area contributed by atoms with E-state index in [1.165, 1.54) is 11.3 Å². The van der Waals surface area contributed by atoms with E-state index in [1.54, 1.807) is 11.8 Å². The van der Waals surface area contributed by atoms with Crippen LogP contribution >= 0.6 is 23.1 Å². The number of carbonyl (C=O) groups is 1. The van der Waals surface area contributed by atoms with Crippen LogP contribution in [-0.2, 0) is 0 Å². The summed E-state index contributed by atoms with van der Waals surface area (Å²) in [5.74, 6) is 1.67. The third-order valence-electron chi connectivity index (χ3n) is 4.10. The van der Waals surface area contributed by atoms with Crippen molar-refractivity contribution in [3.63, 3.8) is 0 Å². The van der Waals surface area contributed by atoms with Gasteiger partial charge in [-0.05, 0) is 55.5 Å². The Kier molecular flexibility index (Phi) is 5.31. The van der Waals surface area contributed by atoms with Gasteiger partial charge < -0.3 is 15.0 Å². The summed E-state index contributed by atoms with van der Waals surface area (Å²) < 4.78 is 5.43. The smallest absolute Gasteiger partial charge is 0.265 e. The standard InChI is InChI=1S/C20H19N3O2S2/c1-2-25-15-7-5-14(6-8-15)22-19(24)17-9-10-18(27-17)23-12-13-26-20-16(23)4-3-11-21-20/h3-11H,2,12-13H2,1H3,(H,22,24). The summed E-state index contributed by atoms with van der Waals surface area (Å²) in [6, 6.07) is 15.3. The Morgan fingerprint density at radius 2 is 2.07 bits per heavy atom. The molecule has 7 heteroatoms. The molecule has 1 aliphatic heterocycles. The van der Waals surface area contributed by atoms with Crippen LogP contribution in [0, 0.1) is 0 Å². The second-order valence-corrected chi connectivity index (χ2v) is 8.02. The van der Waals surface area contributed by atoms with Gasteiger partial charge in [0.15, 0.2) is 0 Å². The highest BCUT2D eigenvalue weighted by Gasteiger charge is 2.21. The van der Waals surface area contributed by atoms with Crippen LogP contribution in [0.5, 0.6) is 5.75 Å². The Balaban J connectivity index is 1.49. The molecule has 5 nitrogen and oxygen atoms in total. The average molecular weight is 398 g/mol. The molecule has 0 bridgehead atoms. The number of aromatic nitrogens is 1. The van der Waals surface area contributed by atoms with Gasteiger partial charge >= 0.3 is 0 Å².